The Bertz CT molecular complexity index is 964. The van der Waals surface area contributed by atoms with E-state index in [1.807, 2.05) is 0 Å². The average molecular weight is 439 g/mol. The number of nitrogens with zero attached hydrogens (tertiary/aromatic N) is 1. The summed E-state index contributed by atoms with van der Waals surface area (Å²) in [6, 6.07) is 12.6. The lowest BCUT2D eigenvalue weighted by Crippen LogP contribution is -2.28. The molecular formula is C20H23ClN2O5S. The van der Waals surface area contributed by atoms with E-state index in [1.54, 1.807) is 31.2 Å². The Morgan fingerprint density at radius 3 is 2.48 bits per heavy atom. The third-order valence-corrected chi connectivity index (χ3v) is 6.27. The number of benzene rings is 2. The zero-order chi connectivity index (χ0) is 21.4. The van der Waals surface area contributed by atoms with E-state index in [2.05, 4.69) is 5.32 Å². The van der Waals surface area contributed by atoms with E-state index in [-0.39, 0.29) is 41.0 Å². The molecule has 0 aromatic heterocycles. The quantitative estimate of drug-likeness (QED) is 0.604. The molecule has 0 saturated carbocycles. The van der Waals surface area contributed by atoms with E-state index in [4.69, 9.17) is 16.3 Å². The van der Waals surface area contributed by atoms with Gasteiger partial charge in [0.25, 0.3) is 0 Å². The van der Waals surface area contributed by atoms with E-state index < -0.39 is 16.0 Å². The zero-order valence-electron chi connectivity index (χ0n) is 16.2. The third kappa shape index (κ3) is 6.28. The summed E-state index contributed by atoms with van der Waals surface area (Å²) in [7, 11) is -2.11. The summed E-state index contributed by atoms with van der Waals surface area (Å²) in [5.74, 6) is -0.867. The van der Waals surface area contributed by atoms with E-state index in [9.17, 15) is 18.0 Å². The predicted molar refractivity (Wildman–Crippen MR) is 112 cm³/mol. The highest BCUT2D eigenvalue weighted by Gasteiger charge is 2.20. The molecule has 0 saturated heterocycles. The molecule has 0 aliphatic carbocycles. The summed E-state index contributed by atoms with van der Waals surface area (Å²) < 4.78 is 31.1. The molecule has 29 heavy (non-hydrogen) atoms. The summed E-state index contributed by atoms with van der Waals surface area (Å²) in [4.78, 5) is 24.3. The van der Waals surface area contributed by atoms with Gasteiger partial charge in [-0.2, -0.15) is 0 Å². The number of anilines is 1. The Kier molecular flexibility index (Phi) is 8.19. The highest BCUT2D eigenvalue weighted by Crippen LogP contribution is 2.22. The highest BCUT2D eigenvalue weighted by molar-refractivity contribution is 7.89. The first-order valence-corrected chi connectivity index (χ1v) is 10.9. The van der Waals surface area contributed by atoms with Crippen LogP contribution in [0.1, 0.15) is 30.1 Å². The molecule has 0 unspecified atom stereocenters. The second-order valence-corrected chi connectivity index (χ2v) is 8.66. The molecule has 0 aliphatic rings. The summed E-state index contributed by atoms with van der Waals surface area (Å²) in [5, 5.41) is 2.91. The molecule has 2 aromatic carbocycles. The number of sulfonamides is 1. The SMILES string of the molecule is CCOC(=O)c1cc(NC(=O)CCCN(C)S(=O)(=O)c2ccccc2)ccc1Cl. The van der Waals surface area contributed by atoms with Crippen molar-refractivity contribution in [1.82, 2.24) is 4.31 Å². The predicted octanol–water partition coefficient (Wildman–Crippen LogP) is 3.56. The maximum Gasteiger partial charge on any atom is 0.339 e. The van der Waals surface area contributed by atoms with Crippen molar-refractivity contribution >= 4 is 39.2 Å². The number of halogens is 1. The Balaban J connectivity index is 1.90. The van der Waals surface area contributed by atoms with Crippen molar-refractivity contribution in [3.63, 3.8) is 0 Å². The molecule has 0 fully saturated rings. The lowest BCUT2D eigenvalue weighted by Gasteiger charge is -2.17. The van der Waals surface area contributed by atoms with E-state index in [0.717, 1.165) is 0 Å². The number of ether oxygens (including phenoxy) is 1. The van der Waals surface area contributed by atoms with E-state index >= 15 is 0 Å². The molecule has 9 heteroatoms. The second kappa shape index (κ2) is 10.4. The number of esters is 1. The monoisotopic (exact) mass is 438 g/mol. The number of rotatable bonds is 9. The van der Waals surface area contributed by atoms with E-state index in [1.165, 1.54) is 35.6 Å². The van der Waals surface area contributed by atoms with Gasteiger partial charge in [0.15, 0.2) is 0 Å². The minimum atomic E-state index is -3.59. The fourth-order valence-corrected chi connectivity index (χ4v) is 3.97. The molecule has 2 aromatic rings. The van der Waals surface area contributed by atoms with Crippen LogP contribution in [0.25, 0.3) is 0 Å². The Morgan fingerprint density at radius 2 is 1.83 bits per heavy atom. The fourth-order valence-electron chi connectivity index (χ4n) is 2.55. The van der Waals surface area contributed by atoms with Gasteiger partial charge < -0.3 is 10.1 Å². The number of carbonyl (C=O) groups excluding carboxylic acids is 2. The molecule has 156 valence electrons. The third-order valence-electron chi connectivity index (χ3n) is 4.07. The van der Waals surface area contributed by atoms with Crippen molar-refractivity contribution < 1.29 is 22.7 Å². The zero-order valence-corrected chi connectivity index (χ0v) is 17.8. The van der Waals surface area contributed by atoms with Gasteiger partial charge in [-0.1, -0.05) is 29.8 Å². The summed E-state index contributed by atoms with van der Waals surface area (Å²) in [6.45, 7) is 2.09. The minimum absolute atomic E-state index is 0.117. The van der Waals surface area contributed by atoms with Crippen molar-refractivity contribution in [2.75, 3.05) is 25.5 Å². The molecule has 0 bridgehead atoms. The van der Waals surface area contributed by atoms with Gasteiger partial charge in [0.2, 0.25) is 15.9 Å². The van der Waals surface area contributed by atoms with Gasteiger partial charge in [-0.3, -0.25) is 4.79 Å². The maximum atomic E-state index is 12.5. The standard InChI is InChI=1S/C20H23ClN2O5S/c1-3-28-20(25)17-14-15(11-12-18(17)21)22-19(24)10-7-13-23(2)29(26,27)16-8-5-4-6-9-16/h4-6,8-9,11-12,14H,3,7,10,13H2,1-2H3,(H,22,24). The molecule has 0 spiro atoms. The van der Waals surface area contributed by atoms with Gasteiger partial charge in [-0.05, 0) is 43.7 Å². The second-order valence-electron chi connectivity index (χ2n) is 6.21. The molecule has 0 aliphatic heterocycles. The molecular weight excluding hydrogens is 416 g/mol. The lowest BCUT2D eigenvalue weighted by atomic mass is 10.2. The largest absolute Gasteiger partial charge is 0.462 e. The smallest absolute Gasteiger partial charge is 0.339 e. The first-order chi connectivity index (χ1) is 13.8. The maximum absolute atomic E-state index is 12.5. The summed E-state index contributed by atoms with van der Waals surface area (Å²) in [6.07, 6.45) is 0.457. The first kappa shape index (κ1) is 22.9. The van der Waals surface area contributed by atoms with Crippen LogP contribution in [-0.2, 0) is 19.6 Å². The summed E-state index contributed by atoms with van der Waals surface area (Å²) >= 11 is 6.00. The van der Waals surface area contributed by atoms with Gasteiger partial charge in [0.1, 0.15) is 0 Å². The van der Waals surface area contributed by atoms with Gasteiger partial charge in [0, 0.05) is 25.7 Å². The van der Waals surface area contributed by atoms with Crippen molar-refractivity contribution in [3.05, 3.63) is 59.1 Å². The van der Waals surface area contributed by atoms with Gasteiger partial charge >= 0.3 is 5.97 Å². The molecule has 1 N–H and O–H groups in total. The van der Waals surface area contributed by atoms with Crippen molar-refractivity contribution in [1.29, 1.82) is 0 Å². The number of carbonyl (C=O) groups is 2. The van der Waals surface area contributed by atoms with Crippen LogP contribution < -0.4 is 5.32 Å². The average Bonchev–Trinajstić information content (AvgIpc) is 2.70. The van der Waals surface area contributed by atoms with Gasteiger partial charge in [-0.15, -0.1) is 0 Å². The molecule has 2 rings (SSSR count). The molecule has 0 radical (unpaired) electrons. The number of amides is 1. The summed E-state index contributed by atoms with van der Waals surface area (Å²) in [5.41, 5.74) is 0.577. The van der Waals surface area contributed by atoms with Crippen molar-refractivity contribution in [2.45, 2.75) is 24.7 Å². The van der Waals surface area contributed by atoms with Crippen molar-refractivity contribution in [3.8, 4) is 0 Å². The molecule has 0 heterocycles. The highest BCUT2D eigenvalue weighted by atomic mass is 35.5. The van der Waals surface area contributed by atoms with Crippen LogP contribution in [0.2, 0.25) is 5.02 Å². The Morgan fingerprint density at radius 1 is 1.14 bits per heavy atom. The lowest BCUT2D eigenvalue weighted by molar-refractivity contribution is -0.116. The Labute approximate surface area is 175 Å². The molecule has 0 atom stereocenters. The van der Waals surface area contributed by atoms with Gasteiger partial charge in [-0.25, -0.2) is 17.5 Å². The first-order valence-electron chi connectivity index (χ1n) is 9.03. The molecule has 7 nitrogen and oxygen atoms in total. The van der Waals surface area contributed by atoms with E-state index in [0.29, 0.717) is 12.1 Å². The van der Waals surface area contributed by atoms with Crippen LogP contribution in [0, 0.1) is 0 Å². The van der Waals surface area contributed by atoms with Crippen LogP contribution in [0.15, 0.2) is 53.4 Å². The Hall–Kier alpha value is -2.42. The van der Waals surface area contributed by atoms with Crippen LogP contribution in [-0.4, -0.2) is 44.8 Å². The van der Waals surface area contributed by atoms with Gasteiger partial charge in [0.05, 0.1) is 22.1 Å². The van der Waals surface area contributed by atoms with Crippen molar-refractivity contribution in [2.24, 2.45) is 0 Å². The number of hydrogen-bond donors (Lipinski definition) is 1. The number of nitrogens with one attached hydrogen (secondary N) is 1. The minimum Gasteiger partial charge on any atom is -0.462 e. The number of hydrogen-bond acceptors (Lipinski definition) is 5. The van der Waals surface area contributed by atoms with Crippen LogP contribution in [0.3, 0.4) is 0 Å². The normalized spacial score (nSPS) is 11.3. The van der Waals surface area contributed by atoms with Crippen LogP contribution in [0.4, 0.5) is 5.69 Å². The topological polar surface area (TPSA) is 92.8 Å². The van der Waals surface area contributed by atoms with Crippen LogP contribution >= 0.6 is 11.6 Å². The molecule has 1 amide bonds. The van der Waals surface area contributed by atoms with Crippen LogP contribution in [0.5, 0.6) is 0 Å². The fraction of sp³-hybridized carbons (Fsp3) is 0.300.